The third-order valence-corrected chi connectivity index (χ3v) is 0. The van der Waals surface area contributed by atoms with E-state index in [4.69, 9.17) is 60.7 Å². The van der Waals surface area contributed by atoms with Crippen LogP contribution < -0.4 is 0 Å². The topological polar surface area (TPSA) is 315 Å². The first-order valence-corrected chi connectivity index (χ1v) is 2.19. The van der Waals surface area contributed by atoms with Gasteiger partial charge in [0.2, 0.25) is 0 Å². The molecule has 0 unspecified atom stereocenters. The Morgan fingerprint density at radius 2 is 0.400 bits per heavy atom. The van der Waals surface area contributed by atoms with Crippen LogP contribution in [0.3, 0.4) is 0 Å². The molecule has 0 aliphatic heterocycles. The van der Waals surface area contributed by atoms with Crippen LogP contribution in [0, 0.1) is 68.1 Å². The molecule has 0 heterocycles. The van der Waals surface area contributed by atoms with Crippen LogP contribution in [0.25, 0.3) is 0 Å². The zero-order valence-corrected chi connectivity index (χ0v) is 9.95. The van der Waals surface area contributed by atoms with Crippen LogP contribution in [0.1, 0.15) is 0 Å². The maximum atomic E-state index is 8.00. The number of hydrogen-bond acceptors (Lipinski definition) is 18. The maximum absolute atomic E-state index is 8.00. The predicted octanol–water partition coefficient (Wildman–Crippen LogP) is 1.58. The van der Waals surface area contributed by atoms with Crippen molar-refractivity contribution < 1.29 is 20.4 Å². The molecule has 0 aliphatic carbocycles. The van der Waals surface area contributed by atoms with E-state index in [0.717, 1.165) is 32.0 Å². The van der Waals surface area contributed by atoms with Crippen LogP contribution in [0.4, 0.5) is 0 Å². The average molecular weight is 394 g/mol. The fourth-order valence-corrected chi connectivity index (χ4v) is 0. The Morgan fingerprint density at radius 3 is 0.400 bits per heavy atom. The first-order chi connectivity index (χ1) is 8.49. The van der Waals surface area contributed by atoms with Crippen molar-refractivity contribution in [3.63, 3.8) is 0 Å². The molecule has 18 nitrogen and oxygen atoms in total. The third-order valence-electron chi connectivity index (χ3n) is 0. The van der Waals surface area contributed by atoms with E-state index in [1.54, 1.807) is 0 Å². The summed E-state index contributed by atoms with van der Waals surface area (Å²) in [6.07, 6.45) is 0. The van der Waals surface area contributed by atoms with E-state index in [2.05, 4.69) is 0 Å². The fourth-order valence-electron chi connectivity index (χ4n) is 0. The summed E-state index contributed by atoms with van der Waals surface area (Å²) in [7, 11) is 0. The van der Waals surface area contributed by atoms with E-state index in [-0.39, 0.29) is 27.8 Å². The molecular formula is CN6O12Pd. The standard InChI is InChI=1S/C.6HNO2.Pd/c;6*2-1-3;/h;6*(H,2,3);/q+4;;;;;;;+2/p-6. The van der Waals surface area contributed by atoms with Gasteiger partial charge < -0.3 is 60.7 Å². The molecule has 0 fully saturated rings. The van der Waals surface area contributed by atoms with Gasteiger partial charge in [-0.2, -0.15) is 0 Å². The summed E-state index contributed by atoms with van der Waals surface area (Å²) in [6.45, 7) is 0. The van der Waals surface area contributed by atoms with E-state index < -0.39 is 0 Å². The molecule has 0 spiro atoms. The third kappa shape index (κ3) is 345. The molecular weight excluding hydrogens is 394 g/mol. The normalized spacial score (nSPS) is 3.60. The van der Waals surface area contributed by atoms with Gasteiger partial charge in [0.15, 0.2) is 0 Å². The molecule has 0 saturated heterocycles. The minimum absolute atomic E-state index is 0. The first-order valence-electron chi connectivity index (χ1n) is 2.19. The Labute approximate surface area is 121 Å². The number of hydrogen-bond donors (Lipinski definition) is 0. The van der Waals surface area contributed by atoms with Crippen molar-refractivity contribution in [1.82, 2.24) is 0 Å². The summed E-state index contributed by atoms with van der Waals surface area (Å²) in [5.41, 5.74) is 0. The van der Waals surface area contributed by atoms with Gasteiger partial charge in [-0.15, -0.1) is 32.0 Å². The van der Waals surface area contributed by atoms with Crippen LogP contribution in [-0.2, 0) is 20.4 Å². The summed E-state index contributed by atoms with van der Waals surface area (Å²) in [5, 5.41) is 54.0. The van der Waals surface area contributed by atoms with Gasteiger partial charge in [-0.3, -0.25) is 0 Å². The summed E-state index contributed by atoms with van der Waals surface area (Å²) in [6, 6.07) is 0. The van der Waals surface area contributed by atoms with E-state index >= 15 is 0 Å². The smallest absolute Gasteiger partial charge is 0.444 e. The Kier molecular flexibility index (Phi) is 1040. The first kappa shape index (κ1) is 53.6. The molecule has 0 aromatic carbocycles. The zero-order valence-electron chi connectivity index (χ0n) is 8.40. The number of rotatable bonds is 0. The van der Waals surface area contributed by atoms with Crippen molar-refractivity contribution in [2.45, 2.75) is 0 Å². The average Bonchev–Trinajstić information content (AvgIpc) is 2.23. The molecule has 20 heavy (non-hydrogen) atoms. The Bertz CT molecular complexity index is 119. The van der Waals surface area contributed by atoms with Crippen molar-refractivity contribution in [2.75, 3.05) is 0 Å². The Balaban J connectivity index is -0.0000000141. The molecule has 0 N–H and O–H groups in total. The van der Waals surface area contributed by atoms with Crippen LogP contribution in [0.2, 0.25) is 0 Å². The Hall–Kier alpha value is -2.94. The van der Waals surface area contributed by atoms with Gasteiger partial charge in [0.05, 0.1) is 0 Å². The van der Waals surface area contributed by atoms with Crippen LogP contribution in [0.5, 0.6) is 0 Å². The molecule has 0 rings (SSSR count). The van der Waals surface area contributed by atoms with Crippen molar-refractivity contribution in [3.05, 3.63) is 68.1 Å². The molecule has 0 aromatic rings. The van der Waals surface area contributed by atoms with Gasteiger partial charge in [0.25, 0.3) is 0 Å². The van der Waals surface area contributed by atoms with E-state index in [0.29, 0.717) is 0 Å². The van der Waals surface area contributed by atoms with Crippen LogP contribution in [-0.4, -0.2) is 0 Å². The van der Waals surface area contributed by atoms with E-state index in [9.17, 15) is 0 Å². The van der Waals surface area contributed by atoms with Gasteiger partial charge >= 0.3 is 27.8 Å². The fraction of sp³-hybridized carbons (Fsp3) is 0. The van der Waals surface area contributed by atoms with Crippen LogP contribution >= 0.6 is 0 Å². The summed E-state index contributed by atoms with van der Waals surface area (Å²) in [4.78, 5) is 48.0. The second kappa shape index (κ2) is 389. The minimum Gasteiger partial charge on any atom is -0.444 e. The summed E-state index contributed by atoms with van der Waals surface area (Å²) in [5.74, 6) is 0. The molecule has 116 valence electrons. The van der Waals surface area contributed by atoms with E-state index in [1.165, 1.54) is 0 Å². The maximum Gasteiger partial charge on any atom is 4.00 e. The quantitative estimate of drug-likeness (QED) is 0.320. The molecule has 19 heteroatoms. The zero-order chi connectivity index (χ0) is 16.2. The minimum atomic E-state index is 0. The van der Waals surface area contributed by atoms with Crippen LogP contribution in [0.15, 0.2) is 32.0 Å². The molecule has 0 amide bonds. The molecule has 0 radical (unpaired) electrons. The van der Waals surface area contributed by atoms with Crippen molar-refractivity contribution in [2.24, 2.45) is 32.0 Å². The van der Waals surface area contributed by atoms with Crippen molar-refractivity contribution in [1.29, 1.82) is 0 Å². The Morgan fingerprint density at radius 1 is 0.400 bits per heavy atom. The van der Waals surface area contributed by atoms with Gasteiger partial charge in [-0.05, 0) is 0 Å². The van der Waals surface area contributed by atoms with E-state index in [1.807, 2.05) is 0 Å². The summed E-state index contributed by atoms with van der Waals surface area (Å²) >= 11 is 0. The molecule has 0 aliphatic rings. The van der Waals surface area contributed by atoms with Gasteiger partial charge in [0, 0.05) is 0 Å². The number of nitrogens with zero attached hydrogens (tertiary/aromatic N) is 6. The monoisotopic (exact) mass is 394 g/mol. The molecule has 0 aromatic heterocycles. The second-order valence-corrected chi connectivity index (χ2v) is 0.447. The molecule has 0 bridgehead atoms. The second-order valence-electron chi connectivity index (χ2n) is 0.447. The van der Waals surface area contributed by atoms with Gasteiger partial charge in [0.1, 0.15) is 0 Å². The van der Waals surface area contributed by atoms with Gasteiger partial charge in [-0.1, -0.05) is 0 Å². The van der Waals surface area contributed by atoms with Crippen molar-refractivity contribution >= 4 is 0 Å². The SMILES string of the molecule is O=N[O-].O=N[O-].O=N[O-].O=N[O-].O=N[O-].O=N[O-].[C+4].[Pd+2]. The molecule has 0 saturated carbocycles. The molecule has 0 atom stereocenters. The van der Waals surface area contributed by atoms with Gasteiger partial charge in [-0.25, -0.2) is 0 Å². The summed E-state index contributed by atoms with van der Waals surface area (Å²) < 4.78 is 0. The largest absolute Gasteiger partial charge is 4.00 e. The predicted molar refractivity (Wildman–Crippen MR) is 58.2 cm³/mol. The van der Waals surface area contributed by atoms with Crippen molar-refractivity contribution in [3.8, 4) is 0 Å².